The summed E-state index contributed by atoms with van der Waals surface area (Å²) in [7, 11) is -4.54. The summed E-state index contributed by atoms with van der Waals surface area (Å²) in [5.41, 5.74) is 11.0. The first-order valence-electron chi connectivity index (χ1n) is 3.93. The van der Waals surface area contributed by atoms with Gasteiger partial charge in [-0.25, -0.2) is 0 Å². The topological polar surface area (TPSA) is 123 Å². The van der Waals surface area contributed by atoms with E-state index in [4.69, 9.17) is 16.0 Å². The van der Waals surface area contributed by atoms with Crippen LogP contribution in [0.3, 0.4) is 0 Å². The first-order valence-corrected chi connectivity index (χ1v) is 5.43. The fourth-order valence-corrected chi connectivity index (χ4v) is 1.93. The van der Waals surface area contributed by atoms with Gasteiger partial charge in [-0.15, -0.1) is 0 Å². The quantitative estimate of drug-likeness (QED) is 0.381. The Balaban J connectivity index is 3.43. The SMILES string of the molecule is Nc1cccc(N)c1C(C=O)S(=O)(=O)O. The molecule has 15 heavy (non-hydrogen) atoms. The standard InChI is InChI=1S/C8H10N2O4S/c9-5-2-1-3-6(10)8(5)7(4-11)15(12,13)14/h1-4,7H,9-10H2,(H,12,13,14). The molecule has 0 saturated carbocycles. The van der Waals surface area contributed by atoms with Gasteiger partial charge < -0.3 is 16.3 Å². The average molecular weight is 230 g/mol. The van der Waals surface area contributed by atoms with Gasteiger partial charge in [0.15, 0.2) is 5.25 Å². The second kappa shape index (κ2) is 3.87. The lowest BCUT2D eigenvalue weighted by atomic mass is 10.1. The van der Waals surface area contributed by atoms with Gasteiger partial charge in [0.05, 0.1) is 0 Å². The van der Waals surface area contributed by atoms with E-state index in [1.54, 1.807) is 0 Å². The maximum atomic E-state index is 10.9. The molecule has 1 atom stereocenters. The van der Waals surface area contributed by atoms with Crippen LogP contribution in [0.1, 0.15) is 10.8 Å². The number of carbonyl (C=O) groups excluding carboxylic acids is 1. The number of carbonyl (C=O) groups is 1. The summed E-state index contributed by atoms with van der Waals surface area (Å²) in [5.74, 6) is 0. The molecule has 0 radical (unpaired) electrons. The number of rotatable bonds is 3. The molecule has 5 N–H and O–H groups in total. The van der Waals surface area contributed by atoms with E-state index >= 15 is 0 Å². The van der Waals surface area contributed by atoms with Gasteiger partial charge in [-0.3, -0.25) is 4.55 Å². The first-order chi connectivity index (χ1) is 6.88. The van der Waals surface area contributed by atoms with Crippen molar-refractivity contribution in [3.05, 3.63) is 23.8 Å². The molecule has 6 nitrogen and oxygen atoms in total. The van der Waals surface area contributed by atoms with E-state index in [0.29, 0.717) is 0 Å². The van der Waals surface area contributed by atoms with E-state index in [1.165, 1.54) is 18.2 Å². The van der Waals surface area contributed by atoms with Crippen molar-refractivity contribution in [1.29, 1.82) is 0 Å². The molecule has 1 aromatic carbocycles. The van der Waals surface area contributed by atoms with Crippen LogP contribution < -0.4 is 11.5 Å². The van der Waals surface area contributed by atoms with Gasteiger partial charge in [0.1, 0.15) is 6.29 Å². The van der Waals surface area contributed by atoms with Gasteiger partial charge in [0, 0.05) is 16.9 Å². The van der Waals surface area contributed by atoms with Crippen LogP contribution in [0.2, 0.25) is 0 Å². The highest BCUT2D eigenvalue weighted by atomic mass is 32.2. The molecule has 1 rings (SSSR count). The highest BCUT2D eigenvalue weighted by Gasteiger charge is 2.28. The molecule has 0 spiro atoms. The average Bonchev–Trinajstić information content (AvgIpc) is 2.09. The Labute approximate surface area is 86.6 Å². The summed E-state index contributed by atoms with van der Waals surface area (Å²) in [6.07, 6.45) is 0.0807. The minimum Gasteiger partial charge on any atom is -0.398 e. The fourth-order valence-electron chi connectivity index (χ4n) is 1.22. The molecule has 1 aromatic rings. The minimum atomic E-state index is -4.54. The minimum absolute atomic E-state index is 0.0460. The molecule has 0 aromatic heterocycles. The van der Waals surface area contributed by atoms with Crippen molar-refractivity contribution in [2.24, 2.45) is 0 Å². The van der Waals surface area contributed by atoms with Crippen molar-refractivity contribution in [2.75, 3.05) is 11.5 Å². The van der Waals surface area contributed by atoms with Gasteiger partial charge in [-0.2, -0.15) is 8.42 Å². The van der Waals surface area contributed by atoms with Crippen LogP contribution in [0.25, 0.3) is 0 Å². The molecule has 0 fully saturated rings. The van der Waals surface area contributed by atoms with Gasteiger partial charge in [-0.1, -0.05) is 6.07 Å². The van der Waals surface area contributed by atoms with E-state index in [-0.39, 0.29) is 23.2 Å². The predicted molar refractivity (Wildman–Crippen MR) is 55.6 cm³/mol. The van der Waals surface area contributed by atoms with Crippen molar-refractivity contribution < 1.29 is 17.8 Å². The van der Waals surface area contributed by atoms with Crippen LogP contribution in [0.5, 0.6) is 0 Å². The van der Waals surface area contributed by atoms with Crippen molar-refractivity contribution in [2.45, 2.75) is 5.25 Å². The lowest BCUT2D eigenvalue weighted by Crippen LogP contribution is -2.16. The summed E-state index contributed by atoms with van der Waals surface area (Å²) in [4.78, 5) is 10.6. The molecule has 0 aliphatic heterocycles. The first kappa shape index (κ1) is 11.5. The molecule has 0 aliphatic carbocycles. The molecule has 0 amide bonds. The summed E-state index contributed by atoms with van der Waals surface area (Å²) in [5, 5.41) is -1.74. The summed E-state index contributed by atoms with van der Waals surface area (Å²) in [6.45, 7) is 0. The Morgan fingerprint density at radius 3 is 2.07 bits per heavy atom. The zero-order chi connectivity index (χ0) is 11.6. The number of benzene rings is 1. The Bertz CT molecular complexity index is 463. The number of aldehydes is 1. The molecule has 7 heteroatoms. The third kappa shape index (κ3) is 2.25. The van der Waals surface area contributed by atoms with Crippen molar-refractivity contribution >= 4 is 27.8 Å². The molecular weight excluding hydrogens is 220 g/mol. The molecule has 0 heterocycles. The summed E-state index contributed by atoms with van der Waals surface area (Å²) in [6, 6.07) is 4.31. The molecule has 0 bridgehead atoms. The third-order valence-electron chi connectivity index (χ3n) is 1.90. The van der Waals surface area contributed by atoms with E-state index in [1.807, 2.05) is 0 Å². The lowest BCUT2D eigenvalue weighted by Gasteiger charge is -2.12. The van der Waals surface area contributed by atoms with Gasteiger partial charge in [-0.05, 0) is 12.1 Å². The smallest absolute Gasteiger partial charge is 0.279 e. The van der Waals surface area contributed by atoms with Gasteiger partial charge in [0.25, 0.3) is 10.1 Å². The second-order valence-corrected chi connectivity index (χ2v) is 4.46. The highest BCUT2D eigenvalue weighted by molar-refractivity contribution is 7.86. The Morgan fingerprint density at radius 1 is 1.27 bits per heavy atom. The third-order valence-corrected chi connectivity index (χ3v) is 2.89. The monoisotopic (exact) mass is 230 g/mol. The zero-order valence-electron chi connectivity index (χ0n) is 7.62. The van der Waals surface area contributed by atoms with Crippen LogP contribution in [0, 0.1) is 0 Å². The Kier molecular flexibility index (Phi) is 2.96. The molecule has 1 unspecified atom stereocenters. The van der Waals surface area contributed by atoms with Crippen LogP contribution in [-0.4, -0.2) is 19.3 Å². The Morgan fingerprint density at radius 2 is 1.73 bits per heavy atom. The number of nitrogens with two attached hydrogens (primary N) is 2. The molecule has 0 aliphatic rings. The van der Waals surface area contributed by atoms with Crippen molar-refractivity contribution in [3.63, 3.8) is 0 Å². The van der Waals surface area contributed by atoms with Crippen LogP contribution in [0.15, 0.2) is 18.2 Å². The van der Waals surface area contributed by atoms with Crippen molar-refractivity contribution in [1.82, 2.24) is 0 Å². The number of hydrogen-bond acceptors (Lipinski definition) is 5. The predicted octanol–water partition coefficient (Wildman–Crippen LogP) is -0.0212. The zero-order valence-corrected chi connectivity index (χ0v) is 8.44. The Hall–Kier alpha value is -1.60. The van der Waals surface area contributed by atoms with Crippen LogP contribution >= 0.6 is 0 Å². The van der Waals surface area contributed by atoms with Gasteiger partial charge in [0.2, 0.25) is 0 Å². The fraction of sp³-hybridized carbons (Fsp3) is 0.125. The highest BCUT2D eigenvalue weighted by Crippen LogP contribution is 2.30. The van der Waals surface area contributed by atoms with E-state index < -0.39 is 15.4 Å². The summed E-state index contributed by atoms with van der Waals surface area (Å²) >= 11 is 0. The van der Waals surface area contributed by atoms with E-state index in [9.17, 15) is 13.2 Å². The number of hydrogen-bond donors (Lipinski definition) is 3. The maximum Gasteiger partial charge on any atom is 0.279 e. The number of anilines is 2. The van der Waals surface area contributed by atoms with Crippen molar-refractivity contribution in [3.8, 4) is 0 Å². The second-order valence-electron chi connectivity index (χ2n) is 2.92. The molecular formula is C8H10N2O4S. The molecule has 0 saturated heterocycles. The lowest BCUT2D eigenvalue weighted by molar-refractivity contribution is -0.107. The maximum absolute atomic E-state index is 10.9. The molecule has 82 valence electrons. The van der Waals surface area contributed by atoms with Crippen LogP contribution in [0.4, 0.5) is 11.4 Å². The number of nitrogen functional groups attached to an aromatic ring is 2. The van der Waals surface area contributed by atoms with E-state index in [2.05, 4.69) is 0 Å². The van der Waals surface area contributed by atoms with Gasteiger partial charge >= 0.3 is 0 Å². The van der Waals surface area contributed by atoms with E-state index in [0.717, 1.165) is 0 Å². The normalized spacial score (nSPS) is 13.4. The van der Waals surface area contributed by atoms with Crippen LogP contribution in [-0.2, 0) is 14.9 Å². The summed E-state index contributed by atoms with van der Waals surface area (Å²) < 4.78 is 30.6. The largest absolute Gasteiger partial charge is 0.398 e.